The summed E-state index contributed by atoms with van der Waals surface area (Å²) in [7, 11) is 0. The van der Waals surface area contributed by atoms with Crippen molar-refractivity contribution >= 4 is 18.0 Å². The van der Waals surface area contributed by atoms with E-state index in [1.165, 1.54) is 0 Å². The molecule has 180 valence electrons. The van der Waals surface area contributed by atoms with Crippen LogP contribution in [0.1, 0.15) is 57.1 Å². The van der Waals surface area contributed by atoms with Crippen LogP contribution in [-0.2, 0) is 14.3 Å². The molecule has 34 heavy (non-hydrogen) atoms. The minimum Gasteiger partial charge on any atom is -0.481 e. The molecule has 0 bridgehead atoms. The molecule has 0 spiro atoms. The zero-order chi connectivity index (χ0) is 24.5. The van der Waals surface area contributed by atoms with Gasteiger partial charge in [-0.05, 0) is 47.9 Å². The van der Waals surface area contributed by atoms with E-state index in [0.29, 0.717) is 12.8 Å². The Hall–Kier alpha value is -3.35. The SMILES string of the molecule is CC(C)C(NC(=O)OCC1c2ccccc2-c2ccccc21)C(=O)NC1CCCC1(C)C(=O)O. The molecule has 0 heterocycles. The van der Waals surface area contributed by atoms with Crippen molar-refractivity contribution in [2.45, 2.75) is 58.0 Å². The first kappa shape index (κ1) is 23.8. The van der Waals surface area contributed by atoms with Crippen LogP contribution in [-0.4, -0.2) is 41.8 Å². The maximum Gasteiger partial charge on any atom is 0.407 e. The molecule has 2 aromatic carbocycles. The van der Waals surface area contributed by atoms with Gasteiger partial charge in [-0.2, -0.15) is 0 Å². The highest BCUT2D eigenvalue weighted by Crippen LogP contribution is 2.44. The average molecular weight is 465 g/mol. The van der Waals surface area contributed by atoms with Gasteiger partial charge in [0.15, 0.2) is 0 Å². The van der Waals surface area contributed by atoms with E-state index >= 15 is 0 Å². The second-order valence-corrected chi connectivity index (χ2v) is 9.87. The number of amides is 2. The van der Waals surface area contributed by atoms with Crippen molar-refractivity contribution in [2.24, 2.45) is 11.3 Å². The predicted octanol–water partition coefficient (Wildman–Crippen LogP) is 4.31. The van der Waals surface area contributed by atoms with Gasteiger partial charge in [0.05, 0.1) is 5.41 Å². The molecule has 7 heteroatoms. The maximum atomic E-state index is 13.0. The average Bonchev–Trinajstić information content (AvgIpc) is 3.34. The van der Waals surface area contributed by atoms with E-state index in [9.17, 15) is 19.5 Å². The number of ether oxygens (including phenoxy) is 1. The fraction of sp³-hybridized carbons (Fsp3) is 0.444. The Morgan fingerprint density at radius 1 is 1.06 bits per heavy atom. The lowest BCUT2D eigenvalue weighted by Gasteiger charge is -2.30. The molecule has 2 aliphatic carbocycles. The Labute approximate surface area is 199 Å². The van der Waals surface area contributed by atoms with Crippen molar-refractivity contribution in [3.8, 4) is 11.1 Å². The number of rotatable bonds is 7. The van der Waals surface area contributed by atoms with Crippen molar-refractivity contribution in [2.75, 3.05) is 6.61 Å². The molecule has 1 fully saturated rings. The van der Waals surface area contributed by atoms with E-state index in [0.717, 1.165) is 28.7 Å². The number of carbonyl (C=O) groups is 3. The van der Waals surface area contributed by atoms with Gasteiger partial charge >= 0.3 is 12.1 Å². The van der Waals surface area contributed by atoms with Gasteiger partial charge in [-0.25, -0.2) is 4.79 Å². The summed E-state index contributed by atoms with van der Waals surface area (Å²) in [4.78, 5) is 37.5. The number of carbonyl (C=O) groups excluding carboxylic acids is 2. The van der Waals surface area contributed by atoms with Crippen LogP contribution in [0.15, 0.2) is 48.5 Å². The molecule has 2 aromatic rings. The number of fused-ring (bicyclic) bond motifs is 3. The van der Waals surface area contributed by atoms with E-state index < -0.39 is 29.6 Å². The quantitative estimate of drug-likeness (QED) is 0.566. The van der Waals surface area contributed by atoms with Crippen molar-refractivity contribution in [1.29, 1.82) is 0 Å². The summed E-state index contributed by atoms with van der Waals surface area (Å²) in [5.74, 6) is -1.57. The summed E-state index contributed by atoms with van der Waals surface area (Å²) >= 11 is 0. The van der Waals surface area contributed by atoms with Crippen molar-refractivity contribution in [1.82, 2.24) is 10.6 Å². The van der Waals surface area contributed by atoms with Crippen molar-refractivity contribution < 1.29 is 24.2 Å². The van der Waals surface area contributed by atoms with Gasteiger partial charge in [-0.3, -0.25) is 9.59 Å². The van der Waals surface area contributed by atoms with Gasteiger partial charge in [-0.15, -0.1) is 0 Å². The van der Waals surface area contributed by atoms with Crippen LogP contribution in [0.5, 0.6) is 0 Å². The molecule has 0 aromatic heterocycles. The molecule has 7 nitrogen and oxygen atoms in total. The number of aliphatic carboxylic acids is 1. The molecule has 4 rings (SSSR count). The normalized spacial score (nSPS) is 22.1. The minimum atomic E-state index is -0.999. The van der Waals surface area contributed by atoms with Crippen LogP contribution in [0, 0.1) is 11.3 Å². The number of benzene rings is 2. The molecular weight excluding hydrogens is 432 g/mol. The summed E-state index contributed by atoms with van der Waals surface area (Å²) in [5.41, 5.74) is 3.52. The second kappa shape index (κ2) is 9.49. The van der Waals surface area contributed by atoms with Crippen LogP contribution in [0.25, 0.3) is 11.1 Å². The topological polar surface area (TPSA) is 105 Å². The lowest BCUT2D eigenvalue weighted by molar-refractivity contribution is -0.149. The predicted molar refractivity (Wildman–Crippen MR) is 128 cm³/mol. The van der Waals surface area contributed by atoms with Gasteiger partial charge < -0.3 is 20.5 Å². The van der Waals surface area contributed by atoms with Gasteiger partial charge in [0, 0.05) is 12.0 Å². The van der Waals surface area contributed by atoms with Gasteiger partial charge in [0.2, 0.25) is 5.91 Å². The highest BCUT2D eigenvalue weighted by molar-refractivity contribution is 5.87. The summed E-state index contributed by atoms with van der Waals surface area (Å²) < 4.78 is 5.60. The first-order valence-corrected chi connectivity index (χ1v) is 11.9. The first-order chi connectivity index (χ1) is 16.2. The molecule has 3 atom stereocenters. The van der Waals surface area contributed by atoms with Crippen LogP contribution in [0.2, 0.25) is 0 Å². The standard InChI is InChI=1S/C27H32N2O5/c1-16(2)23(24(30)28-22-13-8-14-27(22,3)25(31)32)29-26(33)34-15-21-19-11-6-4-9-17(19)18-10-5-7-12-20(18)21/h4-7,9-12,16,21-23H,8,13-15H2,1-3H3,(H,28,30)(H,29,33)(H,31,32). The van der Waals surface area contributed by atoms with Crippen LogP contribution in [0.3, 0.4) is 0 Å². The lowest BCUT2D eigenvalue weighted by atomic mass is 9.84. The molecule has 3 unspecified atom stereocenters. The summed E-state index contributed by atoms with van der Waals surface area (Å²) in [5, 5.41) is 15.2. The van der Waals surface area contributed by atoms with E-state index in [1.54, 1.807) is 6.92 Å². The molecule has 0 aliphatic heterocycles. The van der Waals surface area contributed by atoms with Gasteiger partial charge in [0.1, 0.15) is 12.6 Å². The molecule has 1 saturated carbocycles. The third-order valence-corrected chi connectivity index (χ3v) is 7.33. The number of carboxylic acid groups (broad SMARTS) is 1. The highest BCUT2D eigenvalue weighted by Gasteiger charge is 2.46. The zero-order valence-electron chi connectivity index (χ0n) is 19.8. The fourth-order valence-electron chi connectivity index (χ4n) is 5.22. The third kappa shape index (κ3) is 4.39. The third-order valence-electron chi connectivity index (χ3n) is 7.33. The maximum absolute atomic E-state index is 13.0. The fourth-order valence-corrected chi connectivity index (χ4v) is 5.22. The van der Waals surface area contributed by atoms with E-state index in [-0.39, 0.29) is 24.3 Å². The molecule has 0 saturated heterocycles. The Morgan fingerprint density at radius 3 is 2.21 bits per heavy atom. The largest absolute Gasteiger partial charge is 0.481 e. The second-order valence-electron chi connectivity index (χ2n) is 9.87. The molecular formula is C27H32N2O5. The number of hydrogen-bond acceptors (Lipinski definition) is 4. The van der Waals surface area contributed by atoms with Crippen LogP contribution < -0.4 is 10.6 Å². The number of carboxylic acids is 1. The van der Waals surface area contributed by atoms with Gasteiger partial charge in [0.25, 0.3) is 0 Å². The highest BCUT2D eigenvalue weighted by atomic mass is 16.5. The molecule has 2 amide bonds. The number of alkyl carbamates (subject to hydrolysis) is 1. The van der Waals surface area contributed by atoms with Crippen LogP contribution in [0.4, 0.5) is 4.79 Å². The van der Waals surface area contributed by atoms with Crippen molar-refractivity contribution in [3.05, 3.63) is 59.7 Å². The number of hydrogen-bond donors (Lipinski definition) is 3. The summed E-state index contributed by atoms with van der Waals surface area (Å²) in [6.07, 6.45) is 1.19. The smallest absolute Gasteiger partial charge is 0.407 e. The first-order valence-electron chi connectivity index (χ1n) is 11.9. The Bertz CT molecular complexity index is 1050. The van der Waals surface area contributed by atoms with Crippen molar-refractivity contribution in [3.63, 3.8) is 0 Å². The summed E-state index contributed by atoms with van der Waals surface area (Å²) in [6.45, 7) is 5.49. The number of nitrogens with one attached hydrogen (secondary N) is 2. The lowest BCUT2D eigenvalue weighted by Crippen LogP contribution is -2.55. The molecule has 2 aliphatic rings. The monoisotopic (exact) mass is 464 g/mol. The van der Waals surface area contributed by atoms with E-state index in [1.807, 2.05) is 50.2 Å². The van der Waals surface area contributed by atoms with Gasteiger partial charge in [-0.1, -0.05) is 68.8 Å². The van der Waals surface area contributed by atoms with E-state index in [2.05, 4.69) is 22.8 Å². The zero-order valence-corrected chi connectivity index (χ0v) is 19.8. The molecule has 3 N–H and O–H groups in total. The Morgan fingerprint density at radius 2 is 1.65 bits per heavy atom. The minimum absolute atomic E-state index is 0.0701. The molecule has 0 radical (unpaired) electrons. The van der Waals surface area contributed by atoms with Crippen LogP contribution >= 0.6 is 0 Å². The summed E-state index contributed by atoms with van der Waals surface area (Å²) in [6, 6.07) is 14.9. The van der Waals surface area contributed by atoms with E-state index in [4.69, 9.17) is 4.74 Å². The Balaban J connectivity index is 1.40. The Kier molecular flexibility index (Phi) is 6.64.